The SMILES string of the molecule is COc1cc(CNC(C)Cn2cccn2)cc(Cl)c1OC. The number of halogens is 1. The van der Waals surface area contributed by atoms with Crippen LogP contribution in [0.5, 0.6) is 11.5 Å². The third-order valence-corrected chi connectivity index (χ3v) is 3.45. The van der Waals surface area contributed by atoms with Gasteiger partial charge in [-0.25, -0.2) is 0 Å². The fraction of sp³-hybridized carbons (Fsp3) is 0.400. The van der Waals surface area contributed by atoms with Crippen molar-refractivity contribution in [3.05, 3.63) is 41.2 Å². The summed E-state index contributed by atoms with van der Waals surface area (Å²) >= 11 is 6.20. The number of benzene rings is 1. The number of rotatable bonds is 7. The molecule has 21 heavy (non-hydrogen) atoms. The van der Waals surface area contributed by atoms with Crippen LogP contribution < -0.4 is 14.8 Å². The summed E-state index contributed by atoms with van der Waals surface area (Å²) in [6.07, 6.45) is 3.73. The summed E-state index contributed by atoms with van der Waals surface area (Å²) in [5.74, 6) is 1.20. The molecule has 0 aliphatic rings. The van der Waals surface area contributed by atoms with Gasteiger partial charge in [0.1, 0.15) is 0 Å². The first-order valence-corrected chi connectivity index (χ1v) is 7.13. The Morgan fingerprint density at radius 2 is 2.14 bits per heavy atom. The van der Waals surface area contributed by atoms with E-state index in [0.29, 0.717) is 23.1 Å². The van der Waals surface area contributed by atoms with Gasteiger partial charge in [0, 0.05) is 25.0 Å². The molecule has 0 aliphatic heterocycles. The number of ether oxygens (including phenoxy) is 2. The van der Waals surface area contributed by atoms with Crippen LogP contribution in [-0.4, -0.2) is 30.0 Å². The Kier molecular flexibility index (Phi) is 5.47. The Balaban J connectivity index is 1.98. The molecule has 114 valence electrons. The van der Waals surface area contributed by atoms with E-state index in [2.05, 4.69) is 17.3 Å². The molecule has 1 aromatic heterocycles. The molecular weight excluding hydrogens is 290 g/mol. The number of hydrogen-bond acceptors (Lipinski definition) is 4. The van der Waals surface area contributed by atoms with Crippen molar-refractivity contribution in [2.24, 2.45) is 0 Å². The normalized spacial score (nSPS) is 12.2. The first-order chi connectivity index (χ1) is 10.1. The van der Waals surface area contributed by atoms with E-state index in [1.54, 1.807) is 20.4 Å². The van der Waals surface area contributed by atoms with Gasteiger partial charge in [-0.2, -0.15) is 5.10 Å². The zero-order valence-corrected chi connectivity index (χ0v) is 13.2. The van der Waals surface area contributed by atoms with Crippen LogP contribution in [0.4, 0.5) is 0 Å². The van der Waals surface area contributed by atoms with E-state index in [4.69, 9.17) is 21.1 Å². The highest BCUT2D eigenvalue weighted by Crippen LogP contribution is 2.35. The lowest BCUT2D eigenvalue weighted by molar-refractivity contribution is 0.354. The van der Waals surface area contributed by atoms with Crippen molar-refractivity contribution in [1.82, 2.24) is 15.1 Å². The number of hydrogen-bond donors (Lipinski definition) is 1. The van der Waals surface area contributed by atoms with Crippen LogP contribution >= 0.6 is 11.6 Å². The summed E-state index contributed by atoms with van der Waals surface area (Å²) in [6, 6.07) is 6.02. The highest BCUT2D eigenvalue weighted by molar-refractivity contribution is 6.32. The molecule has 0 amide bonds. The molecule has 2 rings (SSSR count). The van der Waals surface area contributed by atoms with E-state index in [1.165, 1.54) is 0 Å². The lowest BCUT2D eigenvalue weighted by atomic mass is 10.2. The Bertz CT molecular complexity index is 573. The molecule has 0 saturated carbocycles. The van der Waals surface area contributed by atoms with Crippen LogP contribution in [0.25, 0.3) is 0 Å². The van der Waals surface area contributed by atoms with Crippen molar-refractivity contribution in [1.29, 1.82) is 0 Å². The van der Waals surface area contributed by atoms with Crippen molar-refractivity contribution < 1.29 is 9.47 Å². The summed E-state index contributed by atoms with van der Waals surface area (Å²) < 4.78 is 12.4. The third kappa shape index (κ3) is 4.12. The predicted molar refractivity (Wildman–Crippen MR) is 83.1 cm³/mol. The summed E-state index contributed by atoms with van der Waals surface area (Å²) in [4.78, 5) is 0. The first kappa shape index (κ1) is 15.7. The first-order valence-electron chi connectivity index (χ1n) is 6.75. The highest BCUT2D eigenvalue weighted by atomic mass is 35.5. The maximum Gasteiger partial charge on any atom is 0.179 e. The molecule has 1 atom stereocenters. The third-order valence-electron chi connectivity index (χ3n) is 3.17. The molecule has 0 fully saturated rings. The van der Waals surface area contributed by atoms with Crippen molar-refractivity contribution in [3.8, 4) is 11.5 Å². The molecule has 0 spiro atoms. The largest absolute Gasteiger partial charge is 0.493 e. The van der Waals surface area contributed by atoms with Gasteiger partial charge in [0.15, 0.2) is 11.5 Å². The minimum absolute atomic E-state index is 0.289. The van der Waals surface area contributed by atoms with E-state index in [-0.39, 0.29) is 6.04 Å². The van der Waals surface area contributed by atoms with Gasteiger partial charge in [0.25, 0.3) is 0 Å². The molecular formula is C15H20ClN3O2. The van der Waals surface area contributed by atoms with Crippen LogP contribution in [-0.2, 0) is 13.1 Å². The van der Waals surface area contributed by atoms with E-state index < -0.39 is 0 Å². The number of aromatic nitrogens is 2. The van der Waals surface area contributed by atoms with Gasteiger partial charge in [-0.05, 0) is 30.7 Å². The second-order valence-electron chi connectivity index (χ2n) is 4.82. The maximum absolute atomic E-state index is 6.20. The summed E-state index contributed by atoms with van der Waals surface area (Å²) in [5.41, 5.74) is 1.05. The van der Waals surface area contributed by atoms with Gasteiger partial charge in [-0.3, -0.25) is 4.68 Å². The van der Waals surface area contributed by atoms with Crippen LogP contribution in [0.1, 0.15) is 12.5 Å². The van der Waals surface area contributed by atoms with E-state index in [1.807, 2.05) is 29.1 Å². The zero-order chi connectivity index (χ0) is 15.2. The number of nitrogens with one attached hydrogen (secondary N) is 1. The van der Waals surface area contributed by atoms with Gasteiger partial charge >= 0.3 is 0 Å². The Morgan fingerprint density at radius 1 is 1.33 bits per heavy atom. The predicted octanol–water partition coefficient (Wildman–Crippen LogP) is 2.73. The highest BCUT2D eigenvalue weighted by Gasteiger charge is 2.11. The standard InChI is InChI=1S/C15H20ClN3O2/c1-11(10-19-6-4-5-18-19)17-9-12-7-13(16)15(21-3)14(8-12)20-2/h4-8,11,17H,9-10H2,1-3H3. The molecule has 2 aromatic rings. The van der Waals surface area contributed by atoms with Crippen LogP contribution in [0.2, 0.25) is 5.02 Å². The van der Waals surface area contributed by atoms with Gasteiger partial charge in [-0.1, -0.05) is 11.6 Å². The summed E-state index contributed by atoms with van der Waals surface area (Å²) in [7, 11) is 3.18. The van der Waals surface area contributed by atoms with E-state index in [0.717, 1.165) is 12.1 Å². The second kappa shape index (κ2) is 7.33. The molecule has 1 unspecified atom stereocenters. The maximum atomic E-state index is 6.20. The van der Waals surface area contributed by atoms with Crippen molar-refractivity contribution in [2.75, 3.05) is 14.2 Å². The molecule has 1 heterocycles. The molecule has 6 heteroatoms. The number of methoxy groups -OCH3 is 2. The van der Waals surface area contributed by atoms with Gasteiger partial charge in [-0.15, -0.1) is 0 Å². The molecule has 0 aliphatic carbocycles. The van der Waals surface area contributed by atoms with Crippen LogP contribution in [0.3, 0.4) is 0 Å². The lowest BCUT2D eigenvalue weighted by Gasteiger charge is -2.16. The lowest BCUT2D eigenvalue weighted by Crippen LogP contribution is -2.30. The van der Waals surface area contributed by atoms with E-state index >= 15 is 0 Å². The Hall–Kier alpha value is -1.72. The van der Waals surface area contributed by atoms with Gasteiger partial charge in [0.2, 0.25) is 0 Å². The molecule has 1 aromatic carbocycles. The molecule has 0 radical (unpaired) electrons. The summed E-state index contributed by atoms with van der Waals surface area (Å²) in [5, 5.41) is 8.18. The molecule has 1 N–H and O–H groups in total. The minimum Gasteiger partial charge on any atom is -0.493 e. The second-order valence-corrected chi connectivity index (χ2v) is 5.23. The number of nitrogens with zero attached hydrogens (tertiary/aromatic N) is 2. The van der Waals surface area contributed by atoms with Crippen LogP contribution in [0, 0.1) is 0 Å². The van der Waals surface area contributed by atoms with Crippen molar-refractivity contribution >= 4 is 11.6 Å². The molecule has 0 saturated heterocycles. The zero-order valence-electron chi connectivity index (χ0n) is 12.5. The quantitative estimate of drug-likeness (QED) is 0.854. The Morgan fingerprint density at radius 3 is 2.76 bits per heavy atom. The van der Waals surface area contributed by atoms with Gasteiger partial charge in [0.05, 0.1) is 25.8 Å². The summed E-state index contributed by atoms with van der Waals surface area (Å²) in [6.45, 7) is 3.63. The molecule has 0 bridgehead atoms. The van der Waals surface area contributed by atoms with E-state index in [9.17, 15) is 0 Å². The average molecular weight is 310 g/mol. The van der Waals surface area contributed by atoms with Crippen molar-refractivity contribution in [3.63, 3.8) is 0 Å². The smallest absolute Gasteiger partial charge is 0.179 e. The fourth-order valence-corrected chi connectivity index (χ4v) is 2.43. The topological polar surface area (TPSA) is 48.3 Å². The van der Waals surface area contributed by atoms with Crippen molar-refractivity contribution in [2.45, 2.75) is 26.1 Å². The monoisotopic (exact) mass is 309 g/mol. The van der Waals surface area contributed by atoms with Crippen LogP contribution in [0.15, 0.2) is 30.6 Å². The molecule has 5 nitrogen and oxygen atoms in total. The minimum atomic E-state index is 0.289. The average Bonchev–Trinajstić information content (AvgIpc) is 2.97. The fourth-order valence-electron chi connectivity index (χ4n) is 2.12. The Labute approximate surface area is 129 Å². The van der Waals surface area contributed by atoms with Gasteiger partial charge < -0.3 is 14.8 Å².